The highest BCUT2D eigenvalue weighted by molar-refractivity contribution is 7.47. The molecule has 3 unspecified atom stereocenters. The second-order valence-corrected chi connectivity index (χ2v) is 15.1. The molecule has 0 bridgehead atoms. The summed E-state index contributed by atoms with van der Waals surface area (Å²) in [6.45, 7) is 3.52. The summed E-state index contributed by atoms with van der Waals surface area (Å²) >= 11 is 0. The van der Waals surface area contributed by atoms with E-state index in [-0.39, 0.29) is 25.6 Å². The van der Waals surface area contributed by atoms with Gasteiger partial charge < -0.3 is 24.6 Å². The van der Waals surface area contributed by atoms with Gasteiger partial charge in [0.1, 0.15) is 12.2 Å². The predicted molar refractivity (Wildman–Crippen MR) is 201 cm³/mol. The molecule has 0 rings (SSSR count). The molecule has 0 heterocycles. The van der Waals surface area contributed by atoms with Crippen LogP contribution >= 0.6 is 7.82 Å². The molecule has 0 aliphatic heterocycles. The van der Waals surface area contributed by atoms with Crippen molar-refractivity contribution in [3.63, 3.8) is 0 Å². The second kappa shape index (κ2) is 37.0. The van der Waals surface area contributed by atoms with Gasteiger partial charge in [-0.1, -0.05) is 154 Å². The van der Waals surface area contributed by atoms with Gasteiger partial charge in [0.05, 0.1) is 26.4 Å². The van der Waals surface area contributed by atoms with Crippen molar-refractivity contribution >= 4 is 13.8 Å². The Bertz CT molecular complexity index is 780. The Morgan fingerprint density at radius 3 is 1.53 bits per heavy atom. The van der Waals surface area contributed by atoms with Crippen LogP contribution in [0.5, 0.6) is 0 Å². The first-order valence-electron chi connectivity index (χ1n) is 20.2. The number of phosphoric ester groups is 1. The standard InChI is InChI=1S/C39H77O9P/c1-3-5-7-9-11-13-15-17-18-19-21-23-25-27-29-31-39(42)48-38(36-47-49(43,44)46-34-37(41)33-40)35-45-32-30-28-26-24-22-20-16-14-12-10-8-6-4-2/h17-18,37-38,40-41H,3-16,19-36H2,1-2H3,(H,43,44)/b18-17-. The van der Waals surface area contributed by atoms with Crippen LogP contribution in [-0.4, -0.2) is 66.3 Å². The van der Waals surface area contributed by atoms with Gasteiger partial charge in [-0.15, -0.1) is 0 Å². The van der Waals surface area contributed by atoms with Crippen molar-refractivity contribution in [2.24, 2.45) is 0 Å². The predicted octanol–water partition coefficient (Wildman–Crippen LogP) is 10.5. The minimum Gasteiger partial charge on any atom is -0.457 e. The molecule has 0 saturated carbocycles. The molecule has 0 aliphatic carbocycles. The summed E-state index contributed by atoms with van der Waals surface area (Å²) in [6, 6.07) is 0. The zero-order valence-electron chi connectivity index (χ0n) is 31.7. The molecular weight excluding hydrogens is 643 g/mol. The number of esters is 1. The number of aliphatic hydroxyl groups is 2. The number of allylic oxidation sites excluding steroid dienone is 2. The molecule has 0 aromatic heterocycles. The van der Waals surface area contributed by atoms with Gasteiger partial charge in [0.2, 0.25) is 0 Å². The fraction of sp³-hybridized carbons (Fsp3) is 0.923. The van der Waals surface area contributed by atoms with E-state index in [2.05, 4.69) is 26.0 Å². The smallest absolute Gasteiger partial charge is 0.457 e. The second-order valence-electron chi connectivity index (χ2n) is 13.7. The molecule has 0 spiro atoms. The van der Waals surface area contributed by atoms with Crippen molar-refractivity contribution < 1.29 is 43.0 Å². The zero-order valence-corrected chi connectivity index (χ0v) is 32.6. The van der Waals surface area contributed by atoms with Crippen molar-refractivity contribution in [2.75, 3.05) is 33.0 Å². The monoisotopic (exact) mass is 721 g/mol. The molecule has 0 aromatic carbocycles. The van der Waals surface area contributed by atoms with Gasteiger partial charge in [-0.25, -0.2) is 4.57 Å². The summed E-state index contributed by atoms with van der Waals surface area (Å²) in [6.07, 6.45) is 34.5. The van der Waals surface area contributed by atoms with Crippen LogP contribution in [0.3, 0.4) is 0 Å². The van der Waals surface area contributed by atoms with Crippen molar-refractivity contribution in [2.45, 2.75) is 199 Å². The molecule has 0 fully saturated rings. The van der Waals surface area contributed by atoms with E-state index in [1.165, 1.54) is 116 Å². The third-order valence-electron chi connectivity index (χ3n) is 8.70. The number of carbonyl (C=O) groups excluding carboxylic acids is 1. The molecule has 0 aromatic rings. The van der Waals surface area contributed by atoms with E-state index in [1.54, 1.807) is 0 Å². The van der Waals surface area contributed by atoms with E-state index in [0.717, 1.165) is 51.4 Å². The Kier molecular flexibility index (Phi) is 36.4. The lowest BCUT2D eigenvalue weighted by molar-refractivity contribution is -0.154. The molecule has 0 saturated heterocycles. The largest absolute Gasteiger partial charge is 0.472 e. The Hall–Kier alpha value is -0.800. The van der Waals surface area contributed by atoms with Crippen LogP contribution in [0, 0.1) is 0 Å². The quantitative estimate of drug-likeness (QED) is 0.0246. The first kappa shape index (κ1) is 48.2. The first-order chi connectivity index (χ1) is 23.8. The van der Waals surface area contributed by atoms with Gasteiger partial charge in [-0.2, -0.15) is 0 Å². The van der Waals surface area contributed by atoms with Crippen LogP contribution < -0.4 is 0 Å². The molecule has 10 heteroatoms. The summed E-state index contributed by atoms with van der Waals surface area (Å²) in [5, 5.41) is 18.3. The zero-order chi connectivity index (χ0) is 36.1. The highest BCUT2D eigenvalue weighted by atomic mass is 31.2. The summed E-state index contributed by atoms with van der Waals surface area (Å²) in [5.41, 5.74) is 0. The summed E-state index contributed by atoms with van der Waals surface area (Å²) in [7, 11) is -4.51. The number of aliphatic hydroxyl groups excluding tert-OH is 2. The maximum absolute atomic E-state index is 12.6. The molecule has 9 nitrogen and oxygen atoms in total. The Balaban J connectivity index is 4.20. The van der Waals surface area contributed by atoms with Crippen molar-refractivity contribution in [1.82, 2.24) is 0 Å². The summed E-state index contributed by atoms with van der Waals surface area (Å²) in [5.74, 6) is -0.389. The molecule has 3 N–H and O–H groups in total. The maximum Gasteiger partial charge on any atom is 0.472 e. The Morgan fingerprint density at radius 1 is 0.612 bits per heavy atom. The van der Waals surface area contributed by atoms with E-state index in [0.29, 0.717) is 6.61 Å². The SMILES string of the molecule is CCCCCCCC/C=C\CCCCCCCC(=O)OC(COCCCCCCCCCCCCCCC)COP(=O)(O)OCC(O)CO. The summed E-state index contributed by atoms with van der Waals surface area (Å²) < 4.78 is 33.3. The van der Waals surface area contributed by atoms with Gasteiger partial charge in [0.25, 0.3) is 0 Å². The van der Waals surface area contributed by atoms with Crippen molar-refractivity contribution in [3.05, 3.63) is 12.2 Å². The topological polar surface area (TPSA) is 132 Å². The number of hydrogen-bond donors (Lipinski definition) is 3. The third kappa shape index (κ3) is 36.8. The van der Waals surface area contributed by atoms with Gasteiger partial charge >= 0.3 is 13.8 Å². The number of carbonyl (C=O) groups is 1. The first-order valence-corrected chi connectivity index (χ1v) is 21.7. The molecule has 0 amide bonds. The number of hydrogen-bond acceptors (Lipinski definition) is 8. The fourth-order valence-electron chi connectivity index (χ4n) is 5.59. The number of unbranched alkanes of at least 4 members (excludes halogenated alkanes) is 23. The average molecular weight is 721 g/mol. The highest BCUT2D eigenvalue weighted by Crippen LogP contribution is 2.43. The van der Waals surface area contributed by atoms with Crippen molar-refractivity contribution in [3.8, 4) is 0 Å². The number of ether oxygens (including phenoxy) is 2. The van der Waals surface area contributed by atoms with E-state index < -0.39 is 33.2 Å². The molecule has 3 atom stereocenters. The normalized spacial score (nSPS) is 14.3. The van der Waals surface area contributed by atoms with Gasteiger partial charge in [-0.05, 0) is 38.5 Å². The van der Waals surface area contributed by atoms with E-state index >= 15 is 0 Å². The minimum atomic E-state index is -4.51. The summed E-state index contributed by atoms with van der Waals surface area (Å²) in [4.78, 5) is 22.5. The van der Waals surface area contributed by atoms with Crippen LogP contribution in [0.25, 0.3) is 0 Å². The molecular formula is C39H77O9P. The minimum absolute atomic E-state index is 0.0512. The average Bonchev–Trinajstić information content (AvgIpc) is 3.09. The van der Waals surface area contributed by atoms with Gasteiger partial charge in [0, 0.05) is 13.0 Å². The molecule has 0 aliphatic rings. The lowest BCUT2D eigenvalue weighted by Crippen LogP contribution is -2.29. The fourth-order valence-corrected chi connectivity index (χ4v) is 6.37. The van der Waals surface area contributed by atoms with Crippen LogP contribution in [0.2, 0.25) is 0 Å². The lowest BCUT2D eigenvalue weighted by atomic mass is 10.0. The Labute approximate surface area is 300 Å². The third-order valence-corrected chi connectivity index (χ3v) is 9.65. The van der Waals surface area contributed by atoms with E-state index in [1.807, 2.05) is 0 Å². The lowest BCUT2D eigenvalue weighted by Gasteiger charge is -2.20. The highest BCUT2D eigenvalue weighted by Gasteiger charge is 2.26. The molecule has 0 radical (unpaired) electrons. The van der Waals surface area contributed by atoms with Crippen LogP contribution in [-0.2, 0) is 27.9 Å². The van der Waals surface area contributed by atoms with Crippen LogP contribution in [0.1, 0.15) is 187 Å². The van der Waals surface area contributed by atoms with Crippen molar-refractivity contribution in [1.29, 1.82) is 0 Å². The number of phosphoric acid groups is 1. The Morgan fingerprint density at radius 2 is 1.04 bits per heavy atom. The van der Waals surface area contributed by atoms with Crippen LogP contribution in [0.4, 0.5) is 0 Å². The van der Waals surface area contributed by atoms with E-state index in [9.17, 15) is 19.4 Å². The van der Waals surface area contributed by atoms with Crippen LogP contribution in [0.15, 0.2) is 12.2 Å². The molecule has 292 valence electrons. The van der Waals surface area contributed by atoms with Gasteiger partial charge in [0.15, 0.2) is 0 Å². The molecule has 49 heavy (non-hydrogen) atoms. The number of rotatable bonds is 39. The van der Waals surface area contributed by atoms with Gasteiger partial charge in [-0.3, -0.25) is 13.8 Å². The van der Waals surface area contributed by atoms with E-state index in [4.69, 9.17) is 23.6 Å². The maximum atomic E-state index is 12.6.